The quantitative estimate of drug-likeness (QED) is 0.691. The van der Waals surface area contributed by atoms with Gasteiger partial charge in [0, 0.05) is 23.8 Å². The summed E-state index contributed by atoms with van der Waals surface area (Å²) in [6.07, 6.45) is 0. The fourth-order valence-corrected chi connectivity index (χ4v) is 3.91. The van der Waals surface area contributed by atoms with Gasteiger partial charge in [-0.2, -0.15) is 15.6 Å². The van der Waals surface area contributed by atoms with Crippen molar-refractivity contribution in [3.05, 3.63) is 81.9 Å². The summed E-state index contributed by atoms with van der Waals surface area (Å²) in [6.45, 7) is 3.80. The number of nitriles is 2. The maximum absolute atomic E-state index is 13.5. The average molecular weight is 383 g/mol. The summed E-state index contributed by atoms with van der Waals surface area (Å²) in [7, 11) is 1.82. The molecule has 0 bridgehead atoms. The first kappa shape index (κ1) is 18.5. The summed E-state index contributed by atoms with van der Waals surface area (Å²) in [5.74, 6) is -0.839. The number of halogens is 1. The van der Waals surface area contributed by atoms with Crippen LogP contribution >= 0.6 is 0 Å². The molecule has 3 aromatic rings. The molecule has 1 atom stereocenters. The lowest BCUT2D eigenvalue weighted by Crippen LogP contribution is -2.26. The Balaban J connectivity index is 1.99. The first-order valence-electron chi connectivity index (χ1n) is 9.15. The molecular formula is C23H18FN5. The number of aryl methyl sites for hydroxylation is 1. The third-order valence-corrected chi connectivity index (χ3v) is 5.52. The molecule has 0 radical (unpaired) electrons. The molecule has 6 heteroatoms. The molecule has 1 aliphatic heterocycles. The van der Waals surface area contributed by atoms with Crippen molar-refractivity contribution in [3.8, 4) is 12.1 Å². The Morgan fingerprint density at radius 1 is 1.03 bits per heavy atom. The van der Waals surface area contributed by atoms with Gasteiger partial charge in [-0.15, -0.1) is 0 Å². The predicted molar refractivity (Wildman–Crippen MR) is 109 cm³/mol. The van der Waals surface area contributed by atoms with Crippen LogP contribution < -0.4 is 0 Å². The van der Waals surface area contributed by atoms with Crippen molar-refractivity contribution >= 4 is 16.6 Å². The molecule has 1 aliphatic rings. The van der Waals surface area contributed by atoms with Gasteiger partial charge >= 0.3 is 0 Å². The van der Waals surface area contributed by atoms with Gasteiger partial charge in [0.15, 0.2) is 0 Å². The molecule has 1 aromatic heterocycles. The summed E-state index contributed by atoms with van der Waals surface area (Å²) in [5, 5.41) is 28.2. The van der Waals surface area contributed by atoms with Crippen LogP contribution in [-0.4, -0.2) is 22.1 Å². The Morgan fingerprint density at radius 3 is 2.38 bits per heavy atom. The zero-order valence-electron chi connectivity index (χ0n) is 16.3. The molecule has 4 rings (SSSR count). The van der Waals surface area contributed by atoms with Gasteiger partial charge in [0.05, 0.1) is 40.4 Å². The van der Waals surface area contributed by atoms with E-state index < -0.39 is 5.92 Å². The second kappa shape index (κ2) is 6.92. The number of allylic oxidation sites excluding steroid dienone is 3. The number of benzene rings is 2. The maximum atomic E-state index is 13.5. The molecule has 0 amide bonds. The lowest BCUT2D eigenvalue weighted by atomic mass is 9.79. The van der Waals surface area contributed by atoms with E-state index in [1.807, 2.05) is 44.0 Å². The van der Waals surface area contributed by atoms with Crippen molar-refractivity contribution in [3.63, 3.8) is 0 Å². The van der Waals surface area contributed by atoms with E-state index in [-0.39, 0.29) is 5.82 Å². The van der Waals surface area contributed by atoms with Crippen LogP contribution in [0, 0.1) is 35.4 Å². The van der Waals surface area contributed by atoms with E-state index in [4.69, 9.17) is 0 Å². The van der Waals surface area contributed by atoms with Gasteiger partial charge < -0.3 is 4.90 Å². The van der Waals surface area contributed by atoms with Crippen LogP contribution in [0.4, 0.5) is 4.39 Å². The Morgan fingerprint density at radius 2 is 1.72 bits per heavy atom. The molecular weight excluding hydrogens is 365 g/mol. The minimum atomic E-state index is -0.500. The van der Waals surface area contributed by atoms with Crippen molar-refractivity contribution in [2.75, 3.05) is 7.05 Å². The summed E-state index contributed by atoms with van der Waals surface area (Å²) < 4.78 is 13.5. The fraction of sp³-hybridized carbons (Fsp3) is 0.174. The summed E-state index contributed by atoms with van der Waals surface area (Å²) in [6, 6.07) is 16.5. The highest BCUT2D eigenvalue weighted by Gasteiger charge is 2.34. The Hall–Kier alpha value is -3.90. The monoisotopic (exact) mass is 383 g/mol. The number of hydrogen-bond acceptors (Lipinski definition) is 4. The molecule has 2 aromatic carbocycles. The zero-order chi connectivity index (χ0) is 20.7. The first-order chi connectivity index (χ1) is 14.0. The topological polar surface area (TPSA) is 79.5 Å². The van der Waals surface area contributed by atoms with Crippen LogP contribution in [-0.2, 0) is 0 Å². The van der Waals surface area contributed by atoms with E-state index in [1.54, 1.807) is 12.1 Å². The van der Waals surface area contributed by atoms with E-state index in [2.05, 4.69) is 22.3 Å². The van der Waals surface area contributed by atoms with Crippen LogP contribution in [0.25, 0.3) is 16.6 Å². The van der Waals surface area contributed by atoms with E-state index in [0.29, 0.717) is 16.8 Å². The number of hydrogen-bond donors (Lipinski definition) is 1. The first-order valence-corrected chi connectivity index (χ1v) is 9.15. The third kappa shape index (κ3) is 2.86. The Labute approximate surface area is 168 Å². The van der Waals surface area contributed by atoms with Crippen molar-refractivity contribution in [1.82, 2.24) is 15.1 Å². The summed E-state index contributed by atoms with van der Waals surface area (Å²) in [4.78, 5) is 1.84. The number of fused-ring (bicyclic) bond motifs is 1. The summed E-state index contributed by atoms with van der Waals surface area (Å²) >= 11 is 0. The lowest BCUT2D eigenvalue weighted by Gasteiger charge is -2.34. The summed E-state index contributed by atoms with van der Waals surface area (Å²) in [5.41, 5.74) is 5.76. The highest BCUT2D eigenvalue weighted by atomic mass is 19.1. The molecule has 142 valence electrons. The van der Waals surface area contributed by atoms with E-state index in [9.17, 15) is 14.9 Å². The molecule has 1 unspecified atom stereocenters. The minimum Gasteiger partial charge on any atom is -0.346 e. The molecule has 29 heavy (non-hydrogen) atoms. The Kier molecular flexibility index (Phi) is 4.41. The zero-order valence-corrected chi connectivity index (χ0v) is 16.3. The van der Waals surface area contributed by atoms with Crippen LogP contribution in [0.5, 0.6) is 0 Å². The smallest absolute Gasteiger partial charge is 0.123 e. The van der Waals surface area contributed by atoms with Crippen molar-refractivity contribution < 1.29 is 4.39 Å². The number of nitrogens with zero attached hydrogens (tertiary/aromatic N) is 4. The van der Waals surface area contributed by atoms with Crippen molar-refractivity contribution in [2.45, 2.75) is 19.8 Å². The number of aromatic amines is 1. The van der Waals surface area contributed by atoms with Crippen LogP contribution in [0.1, 0.15) is 29.7 Å². The Bertz CT molecular complexity index is 1270. The second-order valence-corrected chi connectivity index (χ2v) is 7.11. The molecule has 0 fully saturated rings. The van der Waals surface area contributed by atoms with Crippen LogP contribution in [0.2, 0.25) is 0 Å². The number of aromatic nitrogens is 2. The molecule has 0 saturated carbocycles. The highest BCUT2D eigenvalue weighted by Crippen LogP contribution is 2.44. The van der Waals surface area contributed by atoms with E-state index in [0.717, 1.165) is 33.4 Å². The van der Waals surface area contributed by atoms with Gasteiger partial charge in [0.1, 0.15) is 5.82 Å². The lowest BCUT2D eigenvalue weighted by molar-refractivity contribution is 0.564. The third-order valence-electron chi connectivity index (χ3n) is 5.52. The van der Waals surface area contributed by atoms with Crippen molar-refractivity contribution in [1.29, 1.82) is 10.5 Å². The van der Waals surface area contributed by atoms with Gasteiger partial charge in [0.25, 0.3) is 0 Å². The minimum absolute atomic E-state index is 0.339. The average Bonchev–Trinajstić information content (AvgIpc) is 3.10. The highest BCUT2D eigenvalue weighted by molar-refractivity contribution is 5.84. The maximum Gasteiger partial charge on any atom is 0.123 e. The normalized spacial score (nSPS) is 16.9. The molecule has 0 aliphatic carbocycles. The molecule has 2 heterocycles. The fourth-order valence-electron chi connectivity index (χ4n) is 3.91. The number of nitrogens with one attached hydrogen (secondary N) is 1. The molecule has 5 nitrogen and oxygen atoms in total. The van der Waals surface area contributed by atoms with E-state index >= 15 is 0 Å². The molecule has 1 N–H and O–H groups in total. The number of H-pyrrole nitrogens is 1. The molecule has 0 saturated heterocycles. The van der Waals surface area contributed by atoms with Gasteiger partial charge in [-0.3, -0.25) is 5.10 Å². The number of rotatable bonds is 2. The van der Waals surface area contributed by atoms with Crippen LogP contribution in [0.15, 0.2) is 59.3 Å². The predicted octanol–water partition coefficient (Wildman–Crippen LogP) is 4.77. The standard InChI is InChI=1S/C23H18FN5/c1-13-18-10-16(6-9-21(18)28-27-13)22-19(11-25)14(2)29(3)23(20(22)12-26)15-4-7-17(24)8-5-15/h4-10,22H,1-3H3,(H,27,28). The largest absolute Gasteiger partial charge is 0.346 e. The van der Waals surface area contributed by atoms with Gasteiger partial charge in [0.2, 0.25) is 0 Å². The van der Waals surface area contributed by atoms with Gasteiger partial charge in [-0.1, -0.05) is 6.07 Å². The van der Waals surface area contributed by atoms with Gasteiger partial charge in [-0.25, -0.2) is 4.39 Å². The second-order valence-electron chi connectivity index (χ2n) is 7.11. The SMILES string of the molecule is CC1=C(C#N)C(c2ccc3n[nH]c(C)c3c2)C(C#N)=C(c2ccc(F)cc2)N1C. The van der Waals surface area contributed by atoms with Crippen molar-refractivity contribution in [2.24, 2.45) is 0 Å². The van der Waals surface area contributed by atoms with Crippen LogP contribution in [0.3, 0.4) is 0 Å². The molecule has 0 spiro atoms. The van der Waals surface area contributed by atoms with E-state index in [1.165, 1.54) is 12.1 Å². The van der Waals surface area contributed by atoms with Gasteiger partial charge in [-0.05, 0) is 61.4 Å².